The van der Waals surface area contributed by atoms with Gasteiger partial charge in [0.25, 0.3) is 0 Å². The Hall–Kier alpha value is -3.18. The molecule has 0 radical (unpaired) electrons. The number of nitrogens with one attached hydrogen (secondary N) is 1. The highest BCUT2D eigenvalue weighted by molar-refractivity contribution is 5.92. The van der Waals surface area contributed by atoms with Gasteiger partial charge >= 0.3 is 6.01 Å². The number of alkyl halides is 1. The van der Waals surface area contributed by atoms with E-state index in [1.807, 2.05) is 0 Å². The van der Waals surface area contributed by atoms with Crippen molar-refractivity contribution in [2.75, 3.05) is 37.7 Å². The molecule has 4 saturated heterocycles. The lowest BCUT2D eigenvalue weighted by atomic mass is 9.95. The Bertz CT molecular complexity index is 1380. The molecule has 4 aliphatic rings. The Kier molecular flexibility index (Phi) is 5.63. The predicted molar refractivity (Wildman–Crippen MR) is 135 cm³/mol. The molecule has 1 aromatic carbocycles. The molecule has 4 atom stereocenters. The summed E-state index contributed by atoms with van der Waals surface area (Å²) < 4.78 is 51.1. The van der Waals surface area contributed by atoms with Gasteiger partial charge in [-0.05, 0) is 44.4 Å². The molecule has 0 spiro atoms. The summed E-state index contributed by atoms with van der Waals surface area (Å²) in [5.41, 5.74) is -1.12. The Morgan fingerprint density at radius 2 is 1.95 bits per heavy atom. The van der Waals surface area contributed by atoms with Gasteiger partial charge in [-0.15, -0.1) is 0 Å². The second kappa shape index (κ2) is 8.94. The van der Waals surface area contributed by atoms with Crippen LogP contribution in [0.4, 0.5) is 19.0 Å². The molecule has 6 heterocycles. The number of aromatic hydroxyl groups is 1. The quantitative estimate of drug-likeness (QED) is 0.522. The second-order valence-electron chi connectivity index (χ2n) is 11.1. The van der Waals surface area contributed by atoms with Gasteiger partial charge in [-0.3, -0.25) is 9.88 Å². The first-order valence-corrected chi connectivity index (χ1v) is 13.3. The lowest BCUT2D eigenvalue weighted by Crippen LogP contribution is -2.51. The minimum absolute atomic E-state index is 0.00396. The molecule has 2 aromatic heterocycles. The Morgan fingerprint density at radius 1 is 1.13 bits per heavy atom. The number of aromatic nitrogens is 3. The molecule has 200 valence electrons. The Morgan fingerprint density at radius 3 is 2.74 bits per heavy atom. The summed E-state index contributed by atoms with van der Waals surface area (Å²) in [5, 5.41) is 14.2. The van der Waals surface area contributed by atoms with E-state index in [2.05, 4.69) is 25.1 Å². The summed E-state index contributed by atoms with van der Waals surface area (Å²) in [5.74, 6) is -1.56. The van der Waals surface area contributed by atoms with Gasteiger partial charge in [-0.1, -0.05) is 6.07 Å². The summed E-state index contributed by atoms with van der Waals surface area (Å²) in [7, 11) is 0. The third-order valence-electron chi connectivity index (χ3n) is 8.62. The molecule has 38 heavy (non-hydrogen) atoms. The van der Waals surface area contributed by atoms with Gasteiger partial charge in [-0.2, -0.15) is 9.97 Å². The number of fused-ring (bicyclic) bond motifs is 4. The van der Waals surface area contributed by atoms with Crippen LogP contribution in [0.2, 0.25) is 0 Å². The molecule has 2 N–H and O–H groups in total. The van der Waals surface area contributed by atoms with E-state index in [1.54, 1.807) is 0 Å². The molecule has 3 aromatic rings. The number of phenolic OH excluding ortho intramolecular Hbond substituents is 1. The number of nitrogens with zero attached hydrogens (tertiary/aromatic N) is 5. The Balaban J connectivity index is 1.32. The molecule has 0 amide bonds. The van der Waals surface area contributed by atoms with E-state index in [4.69, 9.17) is 9.72 Å². The molecule has 4 aliphatic heterocycles. The molecular formula is C27H29F3N6O2. The number of hydrogen-bond donors (Lipinski definition) is 2. The van der Waals surface area contributed by atoms with Crippen molar-refractivity contribution in [2.45, 2.75) is 55.9 Å². The van der Waals surface area contributed by atoms with Crippen molar-refractivity contribution in [1.29, 1.82) is 0 Å². The number of halogens is 3. The standard InChI is InChI=1S/C27H29F3N6O2/c28-15-9-27(7-2-8-36(27)11-15)14-38-26-33-23-18(25(34-26)35-12-16-5-6-17(13-35)32-16)10-31-24(22(23)30)21-19(29)3-1-4-20(21)37/h1,3-4,10,15-17,32,37H,2,5-9,11-14H2/t15-,16?,17?,27?/m1/s1. The fraction of sp³-hybridized carbons (Fsp3) is 0.519. The fourth-order valence-electron chi connectivity index (χ4n) is 6.87. The van der Waals surface area contributed by atoms with E-state index in [0.29, 0.717) is 49.3 Å². The zero-order valence-corrected chi connectivity index (χ0v) is 20.8. The molecule has 11 heteroatoms. The number of benzene rings is 1. The van der Waals surface area contributed by atoms with Gasteiger partial charge in [0.05, 0.1) is 16.5 Å². The summed E-state index contributed by atoms with van der Waals surface area (Å²) in [6.07, 6.45) is 4.83. The van der Waals surface area contributed by atoms with Crippen molar-refractivity contribution in [1.82, 2.24) is 25.2 Å². The van der Waals surface area contributed by atoms with Crippen molar-refractivity contribution in [2.24, 2.45) is 0 Å². The van der Waals surface area contributed by atoms with Gasteiger partial charge in [-0.25, -0.2) is 13.2 Å². The molecular weight excluding hydrogens is 497 g/mol. The number of piperazine rings is 1. The molecule has 8 nitrogen and oxygen atoms in total. The largest absolute Gasteiger partial charge is 0.507 e. The predicted octanol–water partition coefficient (Wildman–Crippen LogP) is 3.57. The lowest BCUT2D eigenvalue weighted by Gasteiger charge is -2.34. The summed E-state index contributed by atoms with van der Waals surface area (Å²) >= 11 is 0. The smallest absolute Gasteiger partial charge is 0.319 e. The first-order chi connectivity index (χ1) is 18.4. The maximum absolute atomic E-state index is 16.0. The van der Waals surface area contributed by atoms with Crippen LogP contribution in [-0.2, 0) is 0 Å². The average molecular weight is 527 g/mol. The molecule has 0 aliphatic carbocycles. The van der Waals surface area contributed by atoms with Crippen LogP contribution < -0.4 is 15.0 Å². The monoisotopic (exact) mass is 526 g/mol. The van der Waals surface area contributed by atoms with Gasteiger partial charge in [0.1, 0.15) is 41.4 Å². The lowest BCUT2D eigenvalue weighted by molar-refractivity contribution is 0.107. The maximum atomic E-state index is 16.0. The number of anilines is 1. The normalized spacial score (nSPS) is 28.8. The average Bonchev–Trinajstić information content (AvgIpc) is 3.54. The first kappa shape index (κ1) is 23.9. The fourth-order valence-corrected chi connectivity index (χ4v) is 6.87. The van der Waals surface area contributed by atoms with E-state index in [9.17, 15) is 13.9 Å². The van der Waals surface area contributed by atoms with Gasteiger partial charge in [0.15, 0.2) is 5.82 Å². The van der Waals surface area contributed by atoms with Crippen molar-refractivity contribution >= 4 is 16.7 Å². The number of rotatable bonds is 5. The number of hydrogen-bond acceptors (Lipinski definition) is 8. The molecule has 3 unspecified atom stereocenters. The van der Waals surface area contributed by atoms with Crippen LogP contribution in [0.1, 0.15) is 32.1 Å². The highest BCUT2D eigenvalue weighted by atomic mass is 19.1. The number of pyridine rings is 1. The van der Waals surface area contributed by atoms with E-state index in [0.717, 1.165) is 38.3 Å². The van der Waals surface area contributed by atoms with Crippen LogP contribution in [0.5, 0.6) is 11.8 Å². The van der Waals surface area contributed by atoms with E-state index in [-0.39, 0.29) is 29.4 Å². The van der Waals surface area contributed by atoms with Crippen molar-refractivity contribution in [3.63, 3.8) is 0 Å². The SMILES string of the molecule is Oc1cccc(F)c1-c1ncc2c(N3CC4CCC(C3)N4)nc(OCC34CCCN3C[C@H](F)C4)nc2c1F. The van der Waals surface area contributed by atoms with Crippen molar-refractivity contribution in [3.05, 3.63) is 36.0 Å². The van der Waals surface area contributed by atoms with E-state index >= 15 is 4.39 Å². The van der Waals surface area contributed by atoms with Gasteiger partial charge < -0.3 is 20.1 Å². The van der Waals surface area contributed by atoms with Crippen molar-refractivity contribution in [3.8, 4) is 23.0 Å². The highest BCUT2D eigenvalue weighted by Gasteiger charge is 2.49. The third kappa shape index (κ3) is 3.86. The number of phenols is 1. The topological polar surface area (TPSA) is 86.6 Å². The van der Waals surface area contributed by atoms with Crippen LogP contribution in [0.3, 0.4) is 0 Å². The highest BCUT2D eigenvalue weighted by Crippen LogP contribution is 2.41. The van der Waals surface area contributed by atoms with Crippen LogP contribution >= 0.6 is 0 Å². The molecule has 7 rings (SSSR count). The minimum atomic E-state index is -0.900. The molecule has 2 bridgehead atoms. The second-order valence-corrected chi connectivity index (χ2v) is 11.1. The van der Waals surface area contributed by atoms with Crippen LogP contribution in [0.15, 0.2) is 24.4 Å². The summed E-state index contributed by atoms with van der Waals surface area (Å²) in [4.78, 5) is 17.6. The van der Waals surface area contributed by atoms with Crippen LogP contribution in [-0.4, -0.2) is 81.5 Å². The Labute approximate surface area is 217 Å². The summed E-state index contributed by atoms with van der Waals surface area (Å²) in [6, 6.07) is 4.38. The molecule has 0 saturated carbocycles. The first-order valence-electron chi connectivity index (χ1n) is 13.3. The maximum Gasteiger partial charge on any atom is 0.319 e. The van der Waals surface area contributed by atoms with Gasteiger partial charge in [0.2, 0.25) is 0 Å². The zero-order valence-electron chi connectivity index (χ0n) is 20.8. The van der Waals surface area contributed by atoms with Crippen LogP contribution in [0.25, 0.3) is 22.2 Å². The van der Waals surface area contributed by atoms with E-state index < -0.39 is 29.1 Å². The van der Waals surface area contributed by atoms with Crippen LogP contribution in [0, 0.1) is 11.6 Å². The molecule has 4 fully saturated rings. The van der Waals surface area contributed by atoms with E-state index in [1.165, 1.54) is 18.3 Å². The zero-order chi connectivity index (χ0) is 26.0. The van der Waals surface area contributed by atoms with Crippen molar-refractivity contribution < 1.29 is 23.0 Å². The third-order valence-corrected chi connectivity index (χ3v) is 8.62. The van der Waals surface area contributed by atoms with Gasteiger partial charge in [0, 0.05) is 44.3 Å². The minimum Gasteiger partial charge on any atom is -0.507 e. The number of ether oxygens (including phenoxy) is 1. The summed E-state index contributed by atoms with van der Waals surface area (Å²) in [6.45, 7) is 2.82.